The van der Waals surface area contributed by atoms with Gasteiger partial charge in [0.2, 0.25) is 0 Å². The summed E-state index contributed by atoms with van der Waals surface area (Å²) < 4.78 is 18.1. The zero-order valence-corrected chi connectivity index (χ0v) is 12.3. The van der Waals surface area contributed by atoms with Crippen LogP contribution in [0, 0.1) is 11.7 Å². The molecule has 1 aromatic rings. The van der Waals surface area contributed by atoms with Crippen molar-refractivity contribution in [1.29, 1.82) is 0 Å². The Morgan fingerprint density at radius 2 is 2.05 bits per heavy atom. The lowest BCUT2D eigenvalue weighted by molar-refractivity contribution is 0.0947. The molecule has 0 aliphatic carbocycles. The summed E-state index contributed by atoms with van der Waals surface area (Å²) in [7, 11) is 1.36. The monoisotopic (exact) mass is 282 g/mol. The predicted molar refractivity (Wildman–Crippen MR) is 77.3 cm³/mol. The summed E-state index contributed by atoms with van der Waals surface area (Å²) >= 11 is 0. The van der Waals surface area contributed by atoms with Gasteiger partial charge in [-0.1, -0.05) is 26.7 Å². The zero-order valence-electron chi connectivity index (χ0n) is 12.3. The maximum absolute atomic E-state index is 13.3. The molecule has 5 heteroatoms. The fourth-order valence-corrected chi connectivity index (χ4v) is 2.17. The van der Waals surface area contributed by atoms with E-state index < -0.39 is 5.82 Å². The molecule has 0 spiro atoms. The van der Waals surface area contributed by atoms with Crippen LogP contribution >= 0.6 is 0 Å². The van der Waals surface area contributed by atoms with Crippen molar-refractivity contribution in [2.45, 2.75) is 32.7 Å². The number of carbonyl (C=O) groups excluding carboxylic acids is 1. The highest BCUT2D eigenvalue weighted by atomic mass is 19.1. The highest BCUT2D eigenvalue weighted by Crippen LogP contribution is 2.18. The molecule has 0 bridgehead atoms. The second-order valence-electron chi connectivity index (χ2n) is 4.80. The van der Waals surface area contributed by atoms with E-state index in [0.29, 0.717) is 18.0 Å². The Bertz CT molecular complexity index is 447. The largest absolute Gasteiger partial charge is 0.494 e. The summed E-state index contributed by atoms with van der Waals surface area (Å²) in [6.45, 7) is 4.58. The summed E-state index contributed by atoms with van der Waals surface area (Å²) in [5, 5.41) is 2.78. The standard InChI is InChI=1S/C15H23FN2O2/c1-4-10(5-2)13(17)9-18-15(19)11-6-7-12(16)14(8-11)20-3/h6-8,10,13H,4-5,9,17H2,1-3H3,(H,18,19). The first-order valence-electron chi connectivity index (χ1n) is 6.90. The van der Waals surface area contributed by atoms with Crippen LogP contribution in [-0.2, 0) is 0 Å². The molecule has 4 nitrogen and oxygen atoms in total. The normalized spacial score (nSPS) is 12.3. The fraction of sp³-hybridized carbons (Fsp3) is 0.533. The van der Waals surface area contributed by atoms with Gasteiger partial charge in [-0.3, -0.25) is 4.79 Å². The summed E-state index contributed by atoms with van der Waals surface area (Å²) in [5.74, 6) is -0.317. The molecule has 0 radical (unpaired) electrons. The number of ether oxygens (including phenoxy) is 1. The van der Waals surface area contributed by atoms with E-state index in [1.54, 1.807) is 0 Å². The number of nitrogens with two attached hydrogens (primary N) is 1. The molecule has 0 heterocycles. The smallest absolute Gasteiger partial charge is 0.251 e. The minimum Gasteiger partial charge on any atom is -0.494 e. The van der Waals surface area contributed by atoms with Crippen LogP contribution in [0.25, 0.3) is 0 Å². The topological polar surface area (TPSA) is 64.3 Å². The maximum Gasteiger partial charge on any atom is 0.251 e. The first-order chi connectivity index (χ1) is 9.53. The van der Waals surface area contributed by atoms with E-state index in [2.05, 4.69) is 19.2 Å². The van der Waals surface area contributed by atoms with Crippen molar-refractivity contribution in [3.8, 4) is 5.75 Å². The van der Waals surface area contributed by atoms with E-state index in [-0.39, 0.29) is 17.7 Å². The van der Waals surface area contributed by atoms with Crippen molar-refractivity contribution in [2.24, 2.45) is 11.7 Å². The molecular formula is C15H23FN2O2. The lowest BCUT2D eigenvalue weighted by Crippen LogP contribution is -2.41. The number of rotatable bonds is 7. The molecule has 3 N–H and O–H groups in total. The number of methoxy groups -OCH3 is 1. The number of hydrogen-bond acceptors (Lipinski definition) is 3. The molecule has 0 saturated heterocycles. The van der Waals surface area contributed by atoms with Crippen LogP contribution in [0.1, 0.15) is 37.0 Å². The number of carbonyl (C=O) groups is 1. The molecule has 0 aliphatic heterocycles. The Hall–Kier alpha value is -1.62. The van der Waals surface area contributed by atoms with Gasteiger partial charge in [0, 0.05) is 18.2 Å². The molecule has 1 amide bonds. The van der Waals surface area contributed by atoms with Crippen LogP contribution in [-0.4, -0.2) is 25.6 Å². The molecule has 112 valence electrons. The van der Waals surface area contributed by atoms with Gasteiger partial charge in [-0.05, 0) is 24.1 Å². The van der Waals surface area contributed by atoms with E-state index in [4.69, 9.17) is 10.5 Å². The third-order valence-corrected chi connectivity index (χ3v) is 3.57. The Kier molecular flexibility index (Phi) is 6.45. The third-order valence-electron chi connectivity index (χ3n) is 3.57. The van der Waals surface area contributed by atoms with Crippen LogP contribution in [0.3, 0.4) is 0 Å². The third kappa shape index (κ3) is 4.20. The fourth-order valence-electron chi connectivity index (χ4n) is 2.17. The van der Waals surface area contributed by atoms with Gasteiger partial charge in [-0.15, -0.1) is 0 Å². The van der Waals surface area contributed by atoms with Crippen LogP contribution in [0.5, 0.6) is 5.75 Å². The van der Waals surface area contributed by atoms with E-state index >= 15 is 0 Å². The molecule has 0 saturated carbocycles. The van der Waals surface area contributed by atoms with E-state index in [9.17, 15) is 9.18 Å². The van der Waals surface area contributed by atoms with Gasteiger partial charge in [0.05, 0.1) is 7.11 Å². The summed E-state index contributed by atoms with van der Waals surface area (Å²) in [6.07, 6.45) is 1.97. The molecule has 0 aliphatic rings. The van der Waals surface area contributed by atoms with Crippen LogP contribution in [0.15, 0.2) is 18.2 Å². The van der Waals surface area contributed by atoms with Crippen LogP contribution < -0.4 is 15.8 Å². The molecule has 1 rings (SSSR count). The van der Waals surface area contributed by atoms with Gasteiger partial charge < -0.3 is 15.8 Å². The number of nitrogens with one attached hydrogen (secondary N) is 1. The van der Waals surface area contributed by atoms with Gasteiger partial charge in [0.15, 0.2) is 11.6 Å². The quantitative estimate of drug-likeness (QED) is 0.806. The highest BCUT2D eigenvalue weighted by Gasteiger charge is 2.16. The molecule has 1 aromatic carbocycles. The molecule has 0 aromatic heterocycles. The van der Waals surface area contributed by atoms with Gasteiger partial charge in [-0.2, -0.15) is 0 Å². The van der Waals surface area contributed by atoms with Crippen molar-refractivity contribution < 1.29 is 13.9 Å². The molecule has 20 heavy (non-hydrogen) atoms. The number of benzene rings is 1. The highest BCUT2D eigenvalue weighted by molar-refractivity contribution is 5.94. The zero-order chi connectivity index (χ0) is 15.1. The maximum atomic E-state index is 13.3. The Balaban J connectivity index is 2.63. The molecule has 1 unspecified atom stereocenters. The average Bonchev–Trinajstić information content (AvgIpc) is 2.46. The number of halogens is 1. The summed E-state index contributed by atoms with van der Waals surface area (Å²) in [4.78, 5) is 12.0. The number of hydrogen-bond donors (Lipinski definition) is 2. The van der Waals surface area contributed by atoms with Crippen molar-refractivity contribution in [2.75, 3.05) is 13.7 Å². The van der Waals surface area contributed by atoms with Crippen molar-refractivity contribution in [3.05, 3.63) is 29.6 Å². The van der Waals surface area contributed by atoms with Crippen LogP contribution in [0.4, 0.5) is 4.39 Å². The van der Waals surface area contributed by atoms with E-state index in [1.807, 2.05) is 0 Å². The predicted octanol–water partition coefficient (Wildman–Crippen LogP) is 2.33. The van der Waals surface area contributed by atoms with Crippen molar-refractivity contribution in [1.82, 2.24) is 5.32 Å². The van der Waals surface area contributed by atoms with Gasteiger partial charge in [0.25, 0.3) is 5.91 Å². The first kappa shape index (κ1) is 16.4. The second-order valence-corrected chi connectivity index (χ2v) is 4.80. The Morgan fingerprint density at radius 3 is 2.60 bits per heavy atom. The summed E-state index contributed by atoms with van der Waals surface area (Å²) in [6, 6.07) is 3.95. The SMILES string of the molecule is CCC(CC)C(N)CNC(=O)c1ccc(F)c(OC)c1. The minimum absolute atomic E-state index is 0.0574. The number of amides is 1. The lowest BCUT2D eigenvalue weighted by atomic mass is 9.95. The van der Waals surface area contributed by atoms with Crippen molar-refractivity contribution in [3.63, 3.8) is 0 Å². The van der Waals surface area contributed by atoms with Crippen LogP contribution in [0.2, 0.25) is 0 Å². The van der Waals surface area contributed by atoms with Gasteiger partial charge >= 0.3 is 0 Å². The van der Waals surface area contributed by atoms with Gasteiger partial charge in [0.1, 0.15) is 0 Å². The Labute approximate surface area is 119 Å². The van der Waals surface area contributed by atoms with E-state index in [1.165, 1.54) is 25.3 Å². The van der Waals surface area contributed by atoms with Gasteiger partial charge in [-0.25, -0.2) is 4.39 Å². The second kappa shape index (κ2) is 7.85. The minimum atomic E-state index is -0.488. The summed E-state index contributed by atoms with van der Waals surface area (Å²) in [5.41, 5.74) is 6.41. The average molecular weight is 282 g/mol. The Morgan fingerprint density at radius 1 is 1.40 bits per heavy atom. The first-order valence-corrected chi connectivity index (χ1v) is 6.90. The van der Waals surface area contributed by atoms with Crippen molar-refractivity contribution >= 4 is 5.91 Å². The molecule has 1 atom stereocenters. The lowest BCUT2D eigenvalue weighted by Gasteiger charge is -2.21. The molecular weight excluding hydrogens is 259 g/mol. The van der Waals surface area contributed by atoms with E-state index in [0.717, 1.165) is 12.8 Å². The molecule has 0 fully saturated rings.